The van der Waals surface area contributed by atoms with Crippen LogP contribution < -0.4 is 5.32 Å². The molecule has 1 heterocycles. The zero-order valence-electron chi connectivity index (χ0n) is 13.0. The van der Waals surface area contributed by atoms with Gasteiger partial charge >= 0.3 is 0 Å². The first-order valence-electron chi connectivity index (χ1n) is 7.18. The van der Waals surface area contributed by atoms with Crippen molar-refractivity contribution in [1.29, 1.82) is 0 Å². The molecule has 5 heteroatoms. The minimum absolute atomic E-state index is 0.0393. The smallest absolute Gasteiger partial charge is 0.272 e. The van der Waals surface area contributed by atoms with Gasteiger partial charge in [0.2, 0.25) is 0 Å². The molecule has 2 rings (SSSR count). The molecule has 1 saturated carbocycles. The lowest BCUT2D eigenvalue weighted by Gasteiger charge is -2.28. The van der Waals surface area contributed by atoms with E-state index >= 15 is 0 Å². The van der Waals surface area contributed by atoms with Crippen LogP contribution in [0.3, 0.4) is 0 Å². The molecule has 1 aliphatic carbocycles. The van der Waals surface area contributed by atoms with E-state index in [1.165, 1.54) is 0 Å². The van der Waals surface area contributed by atoms with Gasteiger partial charge in [-0.1, -0.05) is 0 Å². The molecule has 1 fully saturated rings. The average molecular weight is 279 g/mol. The van der Waals surface area contributed by atoms with Crippen LogP contribution in [0.25, 0.3) is 0 Å². The van der Waals surface area contributed by atoms with Crippen molar-refractivity contribution in [2.45, 2.75) is 58.5 Å². The molecule has 1 aliphatic rings. The Morgan fingerprint density at radius 3 is 2.45 bits per heavy atom. The molecular formula is C15H25N3O2. The number of amides is 1. The second-order valence-corrected chi connectivity index (χ2v) is 7.06. The van der Waals surface area contributed by atoms with Gasteiger partial charge in [-0.15, -0.1) is 0 Å². The molecule has 112 valence electrons. The summed E-state index contributed by atoms with van der Waals surface area (Å²) in [4.78, 5) is 12.3. The van der Waals surface area contributed by atoms with Crippen molar-refractivity contribution >= 4 is 5.91 Å². The number of carbonyl (C=O) groups excluding carboxylic acids is 1. The summed E-state index contributed by atoms with van der Waals surface area (Å²) in [5.41, 5.74) is 0.688. The van der Waals surface area contributed by atoms with Crippen LogP contribution in [0.5, 0.6) is 0 Å². The van der Waals surface area contributed by atoms with Gasteiger partial charge < -0.3 is 10.4 Å². The van der Waals surface area contributed by atoms with Crippen LogP contribution in [0, 0.1) is 12.8 Å². The topological polar surface area (TPSA) is 67.2 Å². The van der Waals surface area contributed by atoms with Crippen molar-refractivity contribution in [3.05, 3.63) is 17.5 Å². The Morgan fingerprint density at radius 1 is 1.45 bits per heavy atom. The molecule has 2 N–H and O–H groups in total. The molecule has 20 heavy (non-hydrogen) atoms. The summed E-state index contributed by atoms with van der Waals surface area (Å²) >= 11 is 0. The Labute approximate surface area is 120 Å². The largest absolute Gasteiger partial charge is 0.394 e. The van der Waals surface area contributed by atoms with Gasteiger partial charge in [0.05, 0.1) is 17.7 Å². The third-order valence-electron chi connectivity index (χ3n) is 3.96. The molecule has 0 aromatic carbocycles. The van der Waals surface area contributed by atoms with Crippen molar-refractivity contribution in [3.63, 3.8) is 0 Å². The fourth-order valence-electron chi connectivity index (χ4n) is 2.58. The number of rotatable bonds is 4. The maximum Gasteiger partial charge on any atom is 0.272 e. The third-order valence-corrected chi connectivity index (χ3v) is 3.96. The fourth-order valence-corrected chi connectivity index (χ4v) is 2.58. The molecule has 1 unspecified atom stereocenters. The summed E-state index contributed by atoms with van der Waals surface area (Å²) in [7, 11) is 0. The van der Waals surface area contributed by atoms with Crippen molar-refractivity contribution < 1.29 is 9.90 Å². The molecule has 0 aliphatic heterocycles. The minimum atomic E-state index is -0.531. The Morgan fingerprint density at radius 2 is 2.05 bits per heavy atom. The highest BCUT2D eigenvalue weighted by molar-refractivity contribution is 5.93. The number of carbonyl (C=O) groups is 1. The van der Waals surface area contributed by atoms with E-state index < -0.39 is 5.54 Å². The number of nitrogens with zero attached hydrogens (tertiary/aromatic N) is 2. The predicted molar refractivity (Wildman–Crippen MR) is 77.6 cm³/mol. The van der Waals surface area contributed by atoms with E-state index in [1.807, 2.05) is 18.5 Å². The van der Waals surface area contributed by atoms with Crippen molar-refractivity contribution in [1.82, 2.24) is 15.1 Å². The quantitative estimate of drug-likeness (QED) is 0.883. The highest BCUT2D eigenvalue weighted by Gasteiger charge is 2.42. The normalized spacial score (nSPS) is 18.7. The van der Waals surface area contributed by atoms with Gasteiger partial charge in [-0.05, 0) is 59.4 Å². The van der Waals surface area contributed by atoms with Crippen molar-refractivity contribution in [3.8, 4) is 0 Å². The maximum absolute atomic E-state index is 12.3. The van der Waals surface area contributed by atoms with Crippen molar-refractivity contribution in [2.75, 3.05) is 6.61 Å². The van der Waals surface area contributed by atoms with E-state index in [0.29, 0.717) is 11.6 Å². The summed E-state index contributed by atoms with van der Waals surface area (Å²) in [6.45, 7) is 9.96. The van der Waals surface area contributed by atoms with Crippen LogP contribution in [-0.4, -0.2) is 32.9 Å². The molecule has 1 atom stereocenters. The lowest BCUT2D eigenvalue weighted by Crippen LogP contribution is -2.50. The number of hydrogen-bond acceptors (Lipinski definition) is 3. The zero-order chi connectivity index (χ0) is 15.1. The van der Waals surface area contributed by atoms with Gasteiger partial charge in [-0.25, -0.2) is 0 Å². The van der Waals surface area contributed by atoms with Crippen molar-refractivity contribution in [2.24, 2.45) is 5.92 Å². The first kappa shape index (κ1) is 15.0. The summed E-state index contributed by atoms with van der Waals surface area (Å²) in [5.74, 6) is 0.168. The van der Waals surface area contributed by atoms with E-state index in [4.69, 9.17) is 0 Å². The van der Waals surface area contributed by atoms with Gasteiger partial charge in [-0.2, -0.15) is 5.10 Å². The molecule has 1 aromatic rings. The second kappa shape index (κ2) is 4.88. The highest BCUT2D eigenvalue weighted by Crippen LogP contribution is 2.39. The summed E-state index contributed by atoms with van der Waals surface area (Å²) in [5, 5.41) is 16.9. The molecule has 0 spiro atoms. The Kier molecular flexibility index (Phi) is 3.67. The Hall–Kier alpha value is -1.36. The first-order chi connectivity index (χ1) is 9.17. The van der Waals surface area contributed by atoms with Gasteiger partial charge in [-0.3, -0.25) is 9.48 Å². The van der Waals surface area contributed by atoms with Gasteiger partial charge in [0, 0.05) is 5.69 Å². The van der Waals surface area contributed by atoms with Gasteiger partial charge in [0.1, 0.15) is 5.69 Å². The second-order valence-electron chi connectivity index (χ2n) is 7.06. The van der Waals surface area contributed by atoms with Gasteiger partial charge in [0.15, 0.2) is 0 Å². The molecular weight excluding hydrogens is 254 g/mol. The summed E-state index contributed by atoms with van der Waals surface area (Å²) in [6, 6.07) is 1.80. The number of nitrogens with one attached hydrogen (secondary N) is 1. The molecule has 0 saturated heterocycles. The van der Waals surface area contributed by atoms with Gasteiger partial charge in [0.25, 0.3) is 5.91 Å². The zero-order valence-corrected chi connectivity index (χ0v) is 13.0. The van der Waals surface area contributed by atoms with E-state index in [1.54, 1.807) is 6.07 Å². The summed E-state index contributed by atoms with van der Waals surface area (Å²) < 4.78 is 1.86. The third kappa shape index (κ3) is 2.87. The number of aliphatic hydroxyl groups is 1. The number of aromatic nitrogens is 2. The Bertz CT molecular complexity index is 512. The number of hydrogen-bond donors (Lipinski definition) is 2. The molecule has 5 nitrogen and oxygen atoms in total. The lowest BCUT2D eigenvalue weighted by atomic mass is 9.97. The fraction of sp³-hybridized carbons (Fsp3) is 0.733. The SMILES string of the molecule is Cc1cc(C(=O)NC(C)(CO)C2CC2)nn1C(C)(C)C. The van der Waals surface area contributed by atoms with Crippen LogP contribution in [0.15, 0.2) is 6.07 Å². The maximum atomic E-state index is 12.3. The number of aryl methyl sites for hydroxylation is 1. The monoisotopic (exact) mass is 279 g/mol. The molecule has 0 radical (unpaired) electrons. The molecule has 1 amide bonds. The predicted octanol–water partition coefficient (Wildman–Crippen LogP) is 1.84. The Balaban J connectivity index is 2.18. The minimum Gasteiger partial charge on any atom is -0.394 e. The first-order valence-corrected chi connectivity index (χ1v) is 7.18. The van der Waals surface area contributed by atoms with Crippen LogP contribution in [-0.2, 0) is 5.54 Å². The lowest BCUT2D eigenvalue weighted by molar-refractivity contribution is 0.0818. The van der Waals surface area contributed by atoms with Crippen LogP contribution in [0.4, 0.5) is 0 Å². The van der Waals surface area contributed by atoms with E-state index in [2.05, 4.69) is 31.2 Å². The van der Waals surface area contributed by atoms with E-state index in [9.17, 15) is 9.90 Å². The highest BCUT2D eigenvalue weighted by atomic mass is 16.3. The van der Waals surface area contributed by atoms with E-state index in [-0.39, 0.29) is 18.1 Å². The molecule has 1 aromatic heterocycles. The standard InChI is InChI=1S/C15H25N3O2/c1-10-8-12(17-18(10)14(2,3)4)13(20)16-15(5,9-19)11-6-7-11/h8,11,19H,6-7,9H2,1-5H3,(H,16,20). The number of aliphatic hydroxyl groups excluding tert-OH is 1. The summed E-state index contributed by atoms with van der Waals surface area (Å²) in [6.07, 6.45) is 2.12. The average Bonchev–Trinajstić information content (AvgIpc) is 3.11. The van der Waals surface area contributed by atoms with Crippen LogP contribution in [0.2, 0.25) is 0 Å². The van der Waals surface area contributed by atoms with Crippen LogP contribution >= 0.6 is 0 Å². The van der Waals surface area contributed by atoms with E-state index in [0.717, 1.165) is 18.5 Å². The van der Waals surface area contributed by atoms with Crippen LogP contribution in [0.1, 0.15) is 56.7 Å². The molecule has 0 bridgehead atoms.